The first-order chi connectivity index (χ1) is 7.63. The highest BCUT2D eigenvalue weighted by Gasteiger charge is 2.45. The van der Waals surface area contributed by atoms with E-state index in [1.165, 1.54) is 0 Å². The van der Waals surface area contributed by atoms with Crippen LogP contribution >= 0.6 is 0 Å². The van der Waals surface area contributed by atoms with Gasteiger partial charge in [-0.3, -0.25) is 9.69 Å². The van der Waals surface area contributed by atoms with E-state index in [-0.39, 0.29) is 12.1 Å². The van der Waals surface area contributed by atoms with E-state index >= 15 is 0 Å². The van der Waals surface area contributed by atoms with Crippen molar-refractivity contribution in [1.29, 1.82) is 0 Å². The summed E-state index contributed by atoms with van der Waals surface area (Å²) in [5.74, 6) is -0.699. The van der Waals surface area contributed by atoms with Gasteiger partial charge in [-0.2, -0.15) is 0 Å². The third-order valence-electron chi connectivity index (χ3n) is 3.97. The van der Waals surface area contributed by atoms with Crippen LogP contribution in [0.15, 0.2) is 0 Å². The van der Waals surface area contributed by atoms with Crippen LogP contribution in [0.25, 0.3) is 0 Å². The summed E-state index contributed by atoms with van der Waals surface area (Å²) < 4.78 is 0. The summed E-state index contributed by atoms with van der Waals surface area (Å²) in [6.45, 7) is 2.02. The van der Waals surface area contributed by atoms with Crippen molar-refractivity contribution in [2.24, 2.45) is 0 Å². The number of carboxylic acids is 1. The van der Waals surface area contributed by atoms with Gasteiger partial charge in [0, 0.05) is 12.1 Å². The molecule has 2 aliphatic rings. The van der Waals surface area contributed by atoms with E-state index in [0.29, 0.717) is 12.1 Å². The Morgan fingerprint density at radius 1 is 1.38 bits per heavy atom. The maximum absolute atomic E-state index is 11.3. The van der Waals surface area contributed by atoms with Crippen molar-refractivity contribution >= 4 is 5.97 Å². The van der Waals surface area contributed by atoms with Gasteiger partial charge < -0.3 is 10.2 Å². The maximum Gasteiger partial charge on any atom is 0.320 e. The Labute approximate surface area is 96.3 Å². The fourth-order valence-corrected chi connectivity index (χ4v) is 3.37. The van der Waals surface area contributed by atoms with Crippen molar-refractivity contribution in [2.75, 3.05) is 0 Å². The van der Waals surface area contributed by atoms with Crippen LogP contribution in [-0.2, 0) is 4.79 Å². The second kappa shape index (κ2) is 4.72. The normalized spacial score (nSPS) is 36.2. The largest absolute Gasteiger partial charge is 0.480 e. The number of carboxylic acid groups (broad SMARTS) is 1. The van der Waals surface area contributed by atoms with Gasteiger partial charge >= 0.3 is 5.97 Å². The molecule has 3 unspecified atom stereocenters. The first kappa shape index (κ1) is 11.9. The molecule has 0 amide bonds. The van der Waals surface area contributed by atoms with Gasteiger partial charge in [-0.1, -0.05) is 13.3 Å². The molecule has 2 rings (SSSR count). The number of fused-ring (bicyclic) bond motifs is 2. The fraction of sp³-hybridized carbons (Fsp3) is 0.917. The summed E-state index contributed by atoms with van der Waals surface area (Å²) in [5.41, 5.74) is 0. The minimum absolute atomic E-state index is 0.218. The van der Waals surface area contributed by atoms with Crippen molar-refractivity contribution in [1.82, 2.24) is 4.90 Å². The second-order valence-electron chi connectivity index (χ2n) is 5.10. The summed E-state index contributed by atoms with van der Waals surface area (Å²) in [6.07, 6.45) is 5.01. The van der Waals surface area contributed by atoms with E-state index in [1.807, 2.05) is 6.92 Å². The number of nitrogens with zero attached hydrogens (tertiary/aromatic N) is 1. The van der Waals surface area contributed by atoms with Crippen molar-refractivity contribution in [3.05, 3.63) is 0 Å². The standard InChI is InChI=1S/C12H21NO3/c1-2-3-11(12(15)16)13-8-4-5-9(13)7-10(14)6-8/h8-11,14H,2-7H2,1H3,(H,15,16). The third-order valence-corrected chi connectivity index (χ3v) is 3.97. The first-order valence-electron chi connectivity index (χ1n) is 6.31. The molecule has 0 saturated carbocycles. The van der Waals surface area contributed by atoms with Crippen LogP contribution in [-0.4, -0.2) is 45.3 Å². The van der Waals surface area contributed by atoms with E-state index in [9.17, 15) is 15.0 Å². The summed E-state index contributed by atoms with van der Waals surface area (Å²) >= 11 is 0. The third kappa shape index (κ3) is 2.09. The van der Waals surface area contributed by atoms with Crippen molar-refractivity contribution in [3.63, 3.8) is 0 Å². The molecule has 0 aromatic rings. The first-order valence-corrected chi connectivity index (χ1v) is 6.31. The highest BCUT2D eigenvalue weighted by Crippen LogP contribution is 2.38. The van der Waals surface area contributed by atoms with E-state index in [1.54, 1.807) is 0 Å². The molecule has 2 aliphatic heterocycles. The Morgan fingerprint density at radius 2 is 1.94 bits per heavy atom. The van der Waals surface area contributed by atoms with E-state index in [4.69, 9.17) is 0 Å². The fourth-order valence-electron chi connectivity index (χ4n) is 3.37. The molecular formula is C12H21NO3. The minimum Gasteiger partial charge on any atom is -0.480 e. The number of hydrogen-bond acceptors (Lipinski definition) is 3. The number of carbonyl (C=O) groups is 1. The molecule has 4 heteroatoms. The Kier molecular flexibility index (Phi) is 3.50. The Hall–Kier alpha value is -0.610. The molecule has 2 fully saturated rings. The lowest BCUT2D eigenvalue weighted by Gasteiger charge is -2.40. The monoisotopic (exact) mass is 227 g/mol. The Balaban J connectivity index is 2.11. The lowest BCUT2D eigenvalue weighted by Crippen LogP contribution is -2.52. The molecule has 0 aromatic heterocycles. The smallest absolute Gasteiger partial charge is 0.320 e. The number of aliphatic carboxylic acids is 1. The molecule has 16 heavy (non-hydrogen) atoms. The predicted octanol–water partition coefficient (Wildman–Crippen LogP) is 1.23. The van der Waals surface area contributed by atoms with Gasteiger partial charge in [0.15, 0.2) is 0 Å². The van der Waals surface area contributed by atoms with Gasteiger partial charge in [-0.05, 0) is 32.1 Å². The van der Waals surface area contributed by atoms with Crippen LogP contribution in [0.1, 0.15) is 45.4 Å². The zero-order chi connectivity index (χ0) is 11.7. The predicted molar refractivity (Wildman–Crippen MR) is 60.2 cm³/mol. The zero-order valence-corrected chi connectivity index (χ0v) is 9.80. The summed E-state index contributed by atoms with van der Waals surface area (Å²) in [6, 6.07) is 0.248. The van der Waals surface area contributed by atoms with Crippen LogP contribution in [0, 0.1) is 0 Å². The topological polar surface area (TPSA) is 60.8 Å². The van der Waals surface area contributed by atoms with Gasteiger partial charge in [0.25, 0.3) is 0 Å². The van der Waals surface area contributed by atoms with Gasteiger partial charge in [-0.25, -0.2) is 0 Å². The Morgan fingerprint density at radius 3 is 2.38 bits per heavy atom. The molecule has 0 aliphatic carbocycles. The van der Waals surface area contributed by atoms with Crippen molar-refractivity contribution in [3.8, 4) is 0 Å². The number of rotatable bonds is 4. The van der Waals surface area contributed by atoms with Crippen LogP contribution in [0.3, 0.4) is 0 Å². The molecule has 92 valence electrons. The molecule has 0 aromatic carbocycles. The number of piperidine rings is 1. The molecule has 4 nitrogen and oxygen atoms in total. The van der Waals surface area contributed by atoms with Crippen LogP contribution in [0.2, 0.25) is 0 Å². The van der Waals surface area contributed by atoms with Crippen LogP contribution in [0.4, 0.5) is 0 Å². The number of aliphatic hydroxyl groups excluding tert-OH is 1. The van der Waals surface area contributed by atoms with E-state index < -0.39 is 5.97 Å². The highest BCUT2D eigenvalue weighted by molar-refractivity contribution is 5.73. The van der Waals surface area contributed by atoms with Gasteiger partial charge in [-0.15, -0.1) is 0 Å². The molecule has 3 atom stereocenters. The lowest BCUT2D eigenvalue weighted by atomic mass is 9.96. The molecule has 0 radical (unpaired) electrons. The summed E-state index contributed by atoms with van der Waals surface area (Å²) in [5, 5.41) is 19.0. The van der Waals surface area contributed by atoms with Gasteiger partial charge in [0.1, 0.15) is 6.04 Å². The van der Waals surface area contributed by atoms with Crippen molar-refractivity contribution < 1.29 is 15.0 Å². The van der Waals surface area contributed by atoms with Crippen molar-refractivity contribution in [2.45, 2.75) is 69.7 Å². The molecule has 2 bridgehead atoms. The lowest BCUT2D eigenvalue weighted by molar-refractivity contribution is -0.146. The number of aliphatic hydroxyl groups is 1. The second-order valence-corrected chi connectivity index (χ2v) is 5.10. The molecule has 0 spiro atoms. The summed E-state index contributed by atoms with van der Waals surface area (Å²) in [4.78, 5) is 13.5. The van der Waals surface area contributed by atoms with E-state index in [2.05, 4.69) is 4.90 Å². The number of hydrogen-bond donors (Lipinski definition) is 2. The van der Waals surface area contributed by atoms with Gasteiger partial charge in [0.05, 0.1) is 6.10 Å². The average molecular weight is 227 g/mol. The summed E-state index contributed by atoms with van der Waals surface area (Å²) in [7, 11) is 0. The van der Waals surface area contributed by atoms with Crippen LogP contribution in [0.5, 0.6) is 0 Å². The molecular weight excluding hydrogens is 206 g/mol. The molecule has 2 heterocycles. The zero-order valence-electron chi connectivity index (χ0n) is 9.80. The van der Waals surface area contributed by atoms with E-state index in [0.717, 1.165) is 38.5 Å². The maximum atomic E-state index is 11.3. The SMILES string of the molecule is CCCC(C(=O)O)N1C2CCC1CC(O)C2. The Bertz CT molecular complexity index is 255. The molecule has 2 saturated heterocycles. The molecule has 2 N–H and O–H groups in total. The average Bonchev–Trinajstić information content (AvgIpc) is 2.46. The quantitative estimate of drug-likeness (QED) is 0.758. The minimum atomic E-state index is -0.699. The van der Waals surface area contributed by atoms with Crippen LogP contribution < -0.4 is 0 Å². The highest BCUT2D eigenvalue weighted by atomic mass is 16.4. The van der Waals surface area contributed by atoms with Gasteiger partial charge in [0.2, 0.25) is 0 Å².